The fraction of sp³-hybridized carbons (Fsp3) is 0.250. The number of amides is 6. The first-order valence-corrected chi connectivity index (χ1v) is 10.9. The van der Waals surface area contributed by atoms with E-state index in [2.05, 4.69) is 16.0 Å². The number of fused-ring (bicyclic) bond motifs is 1. The second kappa shape index (κ2) is 9.84. The minimum Gasteiger partial charge on any atom is -0.348 e. The maximum Gasteiger partial charge on any atom is 0.313 e. The zero-order valence-corrected chi connectivity index (χ0v) is 18.4. The SMILES string of the molecule is O=C1CCC(N2C(=O)c3ccc(CCCNC(=O)C(=O)Nc4ccc(F)cc4)cc3C2=O)C(=O)N1. The number of carbonyl (C=O) groups is 6. The lowest BCUT2D eigenvalue weighted by Gasteiger charge is -2.27. The molecule has 0 spiro atoms. The van der Waals surface area contributed by atoms with E-state index in [0.29, 0.717) is 12.8 Å². The quantitative estimate of drug-likeness (QED) is 0.319. The molecule has 1 atom stereocenters. The van der Waals surface area contributed by atoms with Gasteiger partial charge in [0, 0.05) is 18.7 Å². The van der Waals surface area contributed by atoms with E-state index in [1.807, 2.05) is 0 Å². The number of hydrogen-bond donors (Lipinski definition) is 3. The molecule has 0 bridgehead atoms. The summed E-state index contributed by atoms with van der Waals surface area (Å²) in [6, 6.07) is 8.74. The van der Waals surface area contributed by atoms with Crippen LogP contribution in [0.4, 0.5) is 10.1 Å². The number of imide groups is 2. The number of hydrogen-bond acceptors (Lipinski definition) is 6. The topological polar surface area (TPSA) is 142 Å². The monoisotopic (exact) mass is 480 g/mol. The van der Waals surface area contributed by atoms with Gasteiger partial charge in [-0.2, -0.15) is 0 Å². The van der Waals surface area contributed by atoms with Gasteiger partial charge in [-0.1, -0.05) is 6.07 Å². The average Bonchev–Trinajstić information content (AvgIpc) is 3.07. The Bertz CT molecular complexity index is 1240. The summed E-state index contributed by atoms with van der Waals surface area (Å²) in [6.45, 7) is 0.183. The number of rotatable bonds is 6. The predicted molar refractivity (Wildman–Crippen MR) is 119 cm³/mol. The standard InChI is InChI=1S/C24H21FN4O6/c25-14-4-6-15(7-5-14)27-22(33)21(32)26-11-1-2-13-3-8-16-17(12-13)24(35)29(23(16)34)18-9-10-19(30)28-20(18)31/h3-8,12,18H,1-2,9-11H2,(H,26,32)(H,27,33)(H,28,30,31). The number of carbonyl (C=O) groups excluding carboxylic acids is 6. The minimum atomic E-state index is -1.03. The Kier molecular flexibility index (Phi) is 6.67. The largest absolute Gasteiger partial charge is 0.348 e. The first-order chi connectivity index (χ1) is 16.7. The van der Waals surface area contributed by atoms with Crippen LogP contribution in [0, 0.1) is 5.82 Å². The first kappa shape index (κ1) is 23.7. The Morgan fingerprint density at radius 2 is 1.69 bits per heavy atom. The van der Waals surface area contributed by atoms with E-state index in [1.54, 1.807) is 12.1 Å². The zero-order chi connectivity index (χ0) is 25.1. The van der Waals surface area contributed by atoms with Gasteiger partial charge in [0.05, 0.1) is 11.1 Å². The smallest absolute Gasteiger partial charge is 0.313 e. The summed E-state index contributed by atoms with van der Waals surface area (Å²) in [5.41, 5.74) is 1.39. The first-order valence-electron chi connectivity index (χ1n) is 10.9. The van der Waals surface area contributed by atoms with Gasteiger partial charge in [-0.15, -0.1) is 0 Å². The maximum absolute atomic E-state index is 12.9. The molecule has 2 heterocycles. The van der Waals surface area contributed by atoms with Gasteiger partial charge >= 0.3 is 11.8 Å². The van der Waals surface area contributed by atoms with Crippen LogP contribution in [-0.4, -0.2) is 52.9 Å². The molecule has 1 unspecified atom stereocenters. The number of halogens is 1. The van der Waals surface area contributed by atoms with Crippen LogP contribution in [0.15, 0.2) is 42.5 Å². The Morgan fingerprint density at radius 1 is 0.971 bits per heavy atom. The zero-order valence-electron chi connectivity index (χ0n) is 18.4. The lowest BCUT2D eigenvalue weighted by Crippen LogP contribution is -2.54. The van der Waals surface area contributed by atoms with Crippen molar-refractivity contribution >= 4 is 41.1 Å². The second-order valence-electron chi connectivity index (χ2n) is 8.15. The molecule has 0 aliphatic carbocycles. The van der Waals surface area contributed by atoms with Crippen molar-refractivity contribution in [3.8, 4) is 0 Å². The number of benzene rings is 2. The van der Waals surface area contributed by atoms with E-state index >= 15 is 0 Å². The van der Waals surface area contributed by atoms with Crippen molar-refractivity contribution in [1.82, 2.24) is 15.5 Å². The summed E-state index contributed by atoms with van der Waals surface area (Å²) >= 11 is 0. The molecule has 11 heteroatoms. The van der Waals surface area contributed by atoms with E-state index in [4.69, 9.17) is 0 Å². The number of nitrogens with zero attached hydrogens (tertiary/aromatic N) is 1. The van der Waals surface area contributed by atoms with Crippen LogP contribution >= 0.6 is 0 Å². The molecule has 0 radical (unpaired) electrons. The molecule has 1 fully saturated rings. The molecule has 180 valence electrons. The van der Waals surface area contributed by atoms with Crippen LogP contribution < -0.4 is 16.0 Å². The molecule has 2 aromatic carbocycles. The molecule has 35 heavy (non-hydrogen) atoms. The number of anilines is 1. The van der Waals surface area contributed by atoms with E-state index in [-0.39, 0.29) is 36.2 Å². The number of nitrogens with one attached hydrogen (secondary N) is 3. The lowest BCUT2D eigenvalue weighted by atomic mass is 10.0. The van der Waals surface area contributed by atoms with Crippen LogP contribution in [-0.2, 0) is 25.6 Å². The summed E-state index contributed by atoms with van der Waals surface area (Å²) in [6.07, 6.45) is 1.03. The molecule has 0 saturated carbocycles. The molecule has 2 aliphatic heterocycles. The highest BCUT2D eigenvalue weighted by molar-refractivity contribution is 6.39. The normalized spacial score (nSPS) is 17.2. The molecular formula is C24H21FN4O6. The van der Waals surface area contributed by atoms with E-state index in [1.165, 1.54) is 18.2 Å². The summed E-state index contributed by atoms with van der Waals surface area (Å²) in [4.78, 5) is 73.9. The molecular weight excluding hydrogens is 459 g/mol. The van der Waals surface area contributed by atoms with E-state index in [0.717, 1.165) is 22.6 Å². The molecule has 3 N–H and O–H groups in total. The van der Waals surface area contributed by atoms with Crippen molar-refractivity contribution in [2.45, 2.75) is 31.7 Å². The Morgan fingerprint density at radius 3 is 2.40 bits per heavy atom. The third kappa shape index (κ3) is 5.08. The Labute approximate surface area is 198 Å². The summed E-state index contributed by atoms with van der Waals surface area (Å²) in [5, 5.41) is 7.00. The van der Waals surface area contributed by atoms with Gasteiger partial charge in [-0.25, -0.2) is 4.39 Å². The minimum absolute atomic E-state index is 0.0443. The average molecular weight is 480 g/mol. The predicted octanol–water partition coefficient (Wildman–Crippen LogP) is 0.914. The summed E-state index contributed by atoms with van der Waals surface area (Å²) in [5.74, 6) is -4.47. The number of piperidine rings is 1. The van der Waals surface area contributed by atoms with Gasteiger partial charge in [0.25, 0.3) is 11.8 Å². The van der Waals surface area contributed by atoms with Gasteiger partial charge in [0.1, 0.15) is 11.9 Å². The second-order valence-corrected chi connectivity index (χ2v) is 8.15. The van der Waals surface area contributed by atoms with Crippen molar-refractivity contribution in [1.29, 1.82) is 0 Å². The van der Waals surface area contributed by atoms with Crippen molar-refractivity contribution in [2.24, 2.45) is 0 Å². The molecule has 4 rings (SSSR count). The Hall–Kier alpha value is -4.41. The van der Waals surface area contributed by atoms with Gasteiger partial charge < -0.3 is 10.6 Å². The van der Waals surface area contributed by atoms with Crippen molar-refractivity contribution in [3.05, 3.63) is 65.0 Å². The van der Waals surface area contributed by atoms with Crippen molar-refractivity contribution < 1.29 is 33.2 Å². The lowest BCUT2D eigenvalue weighted by molar-refractivity contribution is -0.136. The molecule has 6 amide bonds. The van der Waals surface area contributed by atoms with Gasteiger partial charge in [0.15, 0.2) is 0 Å². The summed E-state index contributed by atoms with van der Waals surface area (Å²) < 4.78 is 12.9. The molecule has 0 aromatic heterocycles. The van der Waals surface area contributed by atoms with Gasteiger partial charge in [-0.05, 0) is 61.2 Å². The van der Waals surface area contributed by atoms with Crippen LogP contribution in [0.25, 0.3) is 0 Å². The fourth-order valence-corrected chi connectivity index (χ4v) is 3.97. The van der Waals surface area contributed by atoms with E-state index < -0.39 is 47.3 Å². The van der Waals surface area contributed by atoms with E-state index in [9.17, 15) is 33.2 Å². The van der Waals surface area contributed by atoms with Crippen molar-refractivity contribution in [2.75, 3.05) is 11.9 Å². The number of aryl methyl sites for hydroxylation is 1. The van der Waals surface area contributed by atoms with Gasteiger partial charge in [-0.3, -0.25) is 39.0 Å². The van der Waals surface area contributed by atoms with Crippen LogP contribution in [0.3, 0.4) is 0 Å². The van der Waals surface area contributed by atoms with Crippen LogP contribution in [0.5, 0.6) is 0 Å². The molecule has 10 nitrogen and oxygen atoms in total. The van der Waals surface area contributed by atoms with Gasteiger partial charge in [0.2, 0.25) is 11.8 Å². The Balaban J connectivity index is 1.30. The van der Waals surface area contributed by atoms with Crippen LogP contribution in [0.2, 0.25) is 0 Å². The van der Waals surface area contributed by atoms with Crippen molar-refractivity contribution in [3.63, 3.8) is 0 Å². The summed E-state index contributed by atoms with van der Waals surface area (Å²) in [7, 11) is 0. The maximum atomic E-state index is 12.9. The third-order valence-electron chi connectivity index (χ3n) is 5.74. The molecule has 2 aliphatic rings. The molecule has 1 saturated heterocycles. The van der Waals surface area contributed by atoms with Crippen LogP contribution in [0.1, 0.15) is 45.5 Å². The highest BCUT2D eigenvalue weighted by Crippen LogP contribution is 2.28. The highest BCUT2D eigenvalue weighted by atomic mass is 19.1. The third-order valence-corrected chi connectivity index (χ3v) is 5.74. The highest BCUT2D eigenvalue weighted by Gasteiger charge is 2.44. The fourth-order valence-electron chi connectivity index (χ4n) is 3.97. The molecule has 2 aromatic rings.